The topological polar surface area (TPSA) is 46.8 Å². The van der Waals surface area contributed by atoms with Gasteiger partial charge in [0, 0.05) is 59.4 Å². The van der Waals surface area contributed by atoms with Gasteiger partial charge in [-0.1, -0.05) is 48.5 Å². The van der Waals surface area contributed by atoms with Crippen LogP contribution in [0.3, 0.4) is 0 Å². The average Bonchev–Trinajstić information content (AvgIpc) is 3.41. The SMILES string of the molecule is CCOC(=O)c1c(N=Cc2cn(C(C)C)c3ccccc23)sc2c1CCN(Cc1ccccc1)C2. The standard InChI is InChI=1S/C29H31N3O2S/c1-4-34-29(33)27-24-14-15-31(17-21-10-6-5-7-11-21)19-26(24)35-28(27)30-16-22-18-32(20(2)3)25-13-9-8-12-23(22)25/h5-13,16,18,20H,4,14-15,17,19H2,1-3H3. The van der Waals surface area contributed by atoms with Crippen LogP contribution >= 0.6 is 11.3 Å². The quantitative estimate of drug-likeness (QED) is 0.214. The Morgan fingerprint density at radius 2 is 1.91 bits per heavy atom. The number of benzene rings is 2. The number of nitrogens with zero attached hydrogens (tertiary/aromatic N) is 3. The highest BCUT2D eigenvalue weighted by atomic mass is 32.1. The molecule has 5 nitrogen and oxygen atoms in total. The van der Waals surface area contributed by atoms with E-state index in [9.17, 15) is 4.79 Å². The first-order valence-corrected chi connectivity index (χ1v) is 13.1. The summed E-state index contributed by atoms with van der Waals surface area (Å²) in [6.07, 6.45) is 4.88. The Kier molecular flexibility index (Phi) is 6.84. The maximum absolute atomic E-state index is 13.0. The molecule has 0 atom stereocenters. The molecule has 0 bridgehead atoms. The lowest BCUT2D eigenvalue weighted by atomic mass is 10.0. The van der Waals surface area contributed by atoms with E-state index in [0.29, 0.717) is 18.2 Å². The number of rotatable bonds is 7. The van der Waals surface area contributed by atoms with Gasteiger partial charge in [-0.3, -0.25) is 4.90 Å². The fourth-order valence-corrected chi connectivity index (χ4v) is 6.04. The van der Waals surface area contributed by atoms with Gasteiger partial charge in [-0.05, 0) is 44.4 Å². The summed E-state index contributed by atoms with van der Waals surface area (Å²) < 4.78 is 7.72. The second-order valence-electron chi connectivity index (χ2n) is 9.21. The average molecular weight is 486 g/mol. The molecule has 0 saturated carbocycles. The number of ether oxygens (including phenoxy) is 1. The van der Waals surface area contributed by atoms with Crippen molar-refractivity contribution in [3.63, 3.8) is 0 Å². The molecule has 4 aromatic rings. The van der Waals surface area contributed by atoms with Crippen molar-refractivity contribution in [2.24, 2.45) is 4.99 Å². The predicted molar refractivity (Wildman–Crippen MR) is 144 cm³/mol. The summed E-state index contributed by atoms with van der Waals surface area (Å²) in [7, 11) is 0. The number of esters is 1. The zero-order chi connectivity index (χ0) is 24.4. The number of carbonyl (C=O) groups is 1. The van der Waals surface area contributed by atoms with E-state index in [-0.39, 0.29) is 5.97 Å². The Hall–Kier alpha value is -3.22. The minimum atomic E-state index is -0.265. The minimum absolute atomic E-state index is 0.265. The number of hydrogen-bond acceptors (Lipinski definition) is 5. The molecular weight excluding hydrogens is 454 g/mol. The van der Waals surface area contributed by atoms with Crippen molar-refractivity contribution in [1.82, 2.24) is 9.47 Å². The summed E-state index contributed by atoms with van der Waals surface area (Å²) >= 11 is 1.62. The number of para-hydroxylation sites is 1. The lowest BCUT2D eigenvalue weighted by molar-refractivity contribution is 0.0526. The van der Waals surface area contributed by atoms with E-state index >= 15 is 0 Å². The third kappa shape index (κ3) is 4.81. The molecule has 0 spiro atoms. The van der Waals surface area contributed by atoms with Crippen molar-refractivity contribution in [3.8, 4) is 0 Å². The van der Waals surface area contributed by atoms with Crippen LogP contribution in [0.15, 0.2) is 65.8 Å². The first kappa shape index (κ1) is 23.5. The molecule has 0 fully saturated rings. The second-order valence-corrected chi connectivity index (χ2v) is 10.3. The van der Waals surface area contributed by atoms with Crippen molar-refractivity contribution < 1.29 is 9.53 Å². The Labute approximate surface area is 210 Å². The Bertz CT molecular complexity index is 1370. The van der Waals surface area contributed by atoms with Crippen molar-refractivity contribution in [3.05, 3.63) is 87.9 Å². The van der Waals surface area contributed by atoms with Crippen LogP contribution in [0.5, 0.6) is 0 Å². The number of aromatic nitrogens is 1. The molecule has 0 N–H and O–H groups in total. The van der Waals surface area contributed by atoms with E-state index in [0.717, 1.165) is 47.6 Å². The number of fused-ring (bicyclic) bond motifs is 2. The monoisotopic (exact) mass is 485 g/mol. The Balaban J connectivity index is 1.48. The van der Waals surface area contributed by atoms with Crippen LogP contribution in [0.2, 0.25) is 0 Å². The summed E-state index contributed by atoms with van der Waals surface area (Å²) in [4.78, 5) is 21.5. The van der Waals surface area contributed by atoms with Gasteiger partial charge in [0.15, 0.2) is 0 Å². The maximum Gasteiger partial charge on any atom is 0.341 e. The second kappa shape index (κ2) is 10.2. The molecule has 0 amide bonds. The molecule has 35 heavy (non-hydrogen) atoms. The molecule has 0 radical (unpaired) electrons. The summed E-state index contributed by atoms with van der Waals surface area (Å²) in [6.45, 7) is 9.21. The van der Waals surface area contributed by atoms with Gasteiger partial charge < -0.3 is 9.30 Å². The predicted octanol–water partition coefficient (Wildman–Crippen LogP) is 6.77. The van der Waals surface area contributed by atoms with Gasteiger partial charge in [0.1, 0.15) is 5.00 Å². The lowest BCUT2D eigenvalue weighted by Crippen LogP contribution is -2.29. The first-order chi connectivity index (χ1) is 17.0. The number of aliphatic imine (C=N–C) groups is 1. The molecule has 1 aliphatic rings. The van der Waals surface area contributed by atoms with Gasteiger partial charge in [-0.25, -0.2) is 9.79 Å². The van der Waals surface area contributed by atoms with Gasteiger partial charge >= 0.3 is 5.97 Å². The number of carbonyl (C=O) groups excluding carboxylic acids is 1. The lowest BCUT2D eigenvalue weighted by Gasteiger charge is -2.27. The molecule has 6 heteroatoms. The molecule has 3 heterocycles. The van der Waals surface area contributed by atoms with Crippen LogP contribution < -0.4 is 0 Å². The summed E-state index contributed by atoms with van der Waals surface area (Å²) in [5.41, 5.74) is 5.31. The van der Waals surface area contributed by atoms with Gasteiger partial charge in [0.2, 0.25) is 0 Å². The first-order valence-electron chi connectivity index (χ1n) is 12.3. The van der Waals surface area contributed by atoms with Crippen LogP contribution in [-0.4, -0.2) is 34.8 Å². The van der Waals surface area contributed by atoms with Crippen molar-refractivity contribution in [2.45, 2.75) is 46.3 Å². The van der Waals surface area contributed by atoms with Crippen LogP contribution in [0, 0.1) is 0 Å². The molecule has 2 aromatic heterocycles. The zero-order valence-corrected chi connectivity index (χ0v) is 21.3. The van der Waals surface area contributed by atoms with Crippen LogP contribution in [0.1, 0.15) is 58.7 Å². The normalized spacial score (nSPS) is 14.2. The van der Waals surface area contributed by atoms with Crippen molar-refractivity contribution in [1.29, 1.82) is 0 Å². The highest BCUT2D eigenvalue weighted by Gasteiger charge is 2.28. The molecule has 0 unspecified atom stereocenters. The van der Waals surface area contributed by atoms with Crippen LogP contribution in [0.25, 0.3) is 10.9 Å². The largest absolute Gasteiger partial charge is 0.462 e. The van der Waals surface area contributed by atoms with Crippen LogP contribution in [0.4, 0.5) is 5.00 Å². The van der Waals surface area contributed by atoms with Gasteiger partial charge in [-0.2, -0.15) is 0 Å². The molecule has 0 saturated heterocycles. The Morgan fingerprint density at radius 3 is 2.69 bits per heavy atom. The fraction of sp³-hybridized carbons (Fsp3) is 0.310. The Morgan fingerprint density at radius 1 is 1.14 bits per heavy atom. The summed E-state index contributed by atoms with van der Waals surface area (Å²) in [6, 6.07) is 19.3. The van der Waals surface area contributed by atoms with E-state index in [1.165, 1.54) is 16.0 Å². The van der Waals surface area contributed by atoms with Gasteiger partial charge in [-0.15, -0.1) is 11.3 Å². The molecule has 180 valence electrons. The number of hydrogen-bond donors (Lipinski definition) is 0. The number of thiophene rings is 1. The zero-order valence-electron chi connectivity index (χ0n) is 20.5. The van der Waals surface area contributed by atoms with E-state index < -0.39 is 0 Å². The van der Waals surface area contributed by atoms with Gasteiger partial charge in [0.05, 0.1) is 12.2 Å². The molecule has 1 aliphatic heterocycles. The van der Waals surface area contributed by atoms with Crippen molar-refractivity contribution in [2.75, 3.05) is 13.2 Å². The minimum Gasteiger partial charge on any atom is -0.462 e. The third-order valence-electron chi connectivity index (χ3n) is 6.49. The van der Waals surface area contributed by atoms with Crippen LogP contribution in [-0.2, 0) is 24.2 Å². The van der Waals surface area contributed by atoms with Gasteiger partial charge in [0.25, 0.3) is 0 Å². The van der Waals surface area contributed by atoms with E-state index in [1.54, 1.807) is 11.3 Å². The smallest absolute Gasteiger partial charge is 0.341 e. The van der Waals surface area contributed by atoms with E-state index in [2.05, 4.69) is 78.0 Å². The highest BCUT2D eigenvalue weighted by Crippen LogP contribution is 2.40. The van der Waals surface area contributed by atoms with E-state index in [1.807, 2.05) is 19.2 Å². The fourth-order valence-electron chi connectivity index (χ4n) is 4.81. The molecular formula is C29H31N3O2S. The third-order valence-corrected chi connectivity index (χ3v) is 7.62. The van der Waals surface area contributed by atoms with E-state index in [4.69, 9.17) is 9.73 Å². The highest BCUT2D eigenvalue weighted by molar-refractivity contribution is 7.16. The molecule has 0 aliphatic carbocycles. The summed E-state index contributed by atoms with van der Waals surface area (Å²) in [5, 5.41) is 1.91. The molecule has 5 rings (SSSR count). The van der Waals surface area contributed by atoms with Crippen molar-refractivity contribution >= 4 is 39.4 Å². The maximum atomic E-state index is 13.0. The molecule has 2 aromatic carbocycles. The summed E-state index contributed by atoms with van der Waals surface area (Å²) in [5.74, 6) is -0.265.